The highest BCUT2D eigenvalue weighted by Gasteiger charge is 2.50. The van der Waals surface area contributed by atoms with Gasteiger partial charge in [-0.3, -0.25) is 9.59 Å². The standard InChI is InChI=1S/C23H21NO3/c1-2-16-24-21-15-9-8-14-20(21)23(27,22(24)26)17-19(25)13-7-6-12-18-10-4-3-5-11-18/h2-15,27H,1,16-17H2/b12-6-,13-7+/t23-/m0/s1. The predicted molar refractivity (Wildman–Crippen MR) is 107 cm³/mol. The Labute approximate surface area is 158 Å². The van der Waals surface area contributed by atoms with Gasteiger partial charge in [-0.25, -0.2) is 0 Å². The molecule has 1 amide bonds. The number of aliphatic hydroxyl groups is 1. The van der Waals surface area contributed by atoms with Crippen molar-refractivity contribution in [2.75, 3.05) is 11.4 Å². The first-order valence-corrected chi connectivity index (χ1v) is 8.73. The van der Waals surface area contributed by atoms with Crippen molar-refractivity contribution < 1.29 is 14.7 Å². The van der Waals surface area contributed by atoms with Gasteiger partial charge in [0, 0.05) is 12.1 Å². The van der Waals surface area contributed by atoms with E-state index >= 15 is 0 Å². The second-order valence-electron chi connectivity index (χ2n) is 6.35. The van der Waals surface area contributed by atoms with Gasteiger partial charge in [0.1, 0.15) is 0 Å². The summed E-state index contributed by atoms with van der Waals surface area (Å²) in [6.07, 6.45) is 7.92. The Kier molecular flexibility index (Phi) is 5.48. The number of anilines is 1. The molecule has 0 fully saturated rings. The number of rotatable bonds is 7. The molecule has 0 saturated heterocycles. The molecule has 0 bridgehead atoms. The van der Waals surface area contributed by atoms with Gasteiger partial charge >= 0.3 is 0 Å². The van der Waals surface area contributed by atoms with Crippen molar-refractivity contribution in [3.8, 4) is 0 Å². The van der Waals surface area contributed by atoms with E-state index in [9.17, 15) is 14.7 Å². The van der Waals surface area contributed by atoms with E-state index in [1.165, 1.54) is 11.0 Å². The molecular weight excluding hydrogens is 338 g/mol. The van der Waals surface area contributed by atoms with Crippen molar-refractivity contribution in [1.29, 1.82) is 0 Å². The van der Waals surface area contributed by atoms with Crippen LogP contribution in [0.15, 0.2) is 85.5 Å². The molecule has 2 aromatic rings. The quantitative estimate of drug-likeness (QED) is 0.466. The van der Waals surface area contributed by atoms with E-state index in [2.05, 4.69) is 6.58 Å². The minimum Gasteiger partial charge on any atom is -0.375 e. The Morgan fingerprint density at radius 3 is 2.52 bits per heavy atom. The van der Waals surface area contributed by atoms with Crippen molar-refractivity contribution in [3.63, 3.8) is 0 Å². The van der Waals surface area contributed by atoms with Gasteiger partial charge in [-0.1, -0.05) is 72.8 Å². The first-order valence-electron chi connectivity index (χ1n) is 8.73. The molecule has 27 heavy (non-hydrogen) atoms. The number of hydrogen-bond acceptors (Lipinski definition) is 3. The minimum atomic E-state index is -1.84. The molecule has 1 atom stereocenters. The first kappa shape index (κ1) is 18.5. The molecule has 1 aliphatic heterocycles. The number of hydrogen-bond donors (Lipinski definition) is 1. The highest BCUT2D eigenvalue weighted by molar-refractivity contribution is 6.10. The molecule has 3 rings (SSSR count). The van der Waals surface area contributed by atoms with Gasteiger partial charge in [-0.15, -0.1) is 6.58 Å². The van der Waals surface area contributed by atoms with Gasteiger partial charge in [0.05, 0.1) is 12.1 Å². The maximum atomic E-state index is 12.8. The Bertz CT molecular complexity index is 914. The highest BCUT2D eigenvalue weighted by Crippen LogP contribution is 2.42. The molecule has 2 aromatic carbocycles. The molecule has 0 unspecified atom stereocenters. The number of nitrogens with zero attached hydrogens (tertiary/aromatic N) is 1. The summed E-state index contributed by atoms with van der Waals surface area (Å²) in [6, 6.07) is 16.7. The zero-order chi connectivity index (χ0) is 19.3. The third kappa shape index (κ3) is 3.81. The Balaban J connectivity index is 1.75. The lowest BCUT2D eigenvalue weighted by atomic mass is 9.90. The fourth-order valence-corrected chi connectivity index (χ4v) is 3.19. The second-order valence-corrected chi connectivity index (χ2v) is 6.35. The molecule has 0 aromatic heterocycles. The van der Waals surface area contributed by atoms with Crippen molar-refractivity contribution in [3.05, 3.63) is 96.6 Å². The van der Waals surface area contributed by atoms with E-state index in [-0.39, 0.29) is 18.7 Å². The molecule has 1 aliphatic rings. The Hall–Kier alpha value is -3.24. The first-order chi connectivity index (χ1) is 13.1. The van der Waals surface area contributed by atoms with Crippen LogP contribution in [0.25, 0.3) is 6.08 Å². The Morgan fingerprint density at radius 1 is 1.07 bits per heavy atom. The topological polar surface area (TPSA) is 57.6 Å². The summed E-state index contributed by atoms with van der Waals surface area (Å²) >= 11 is 0. The van der Waals surface area contributed by atoms with Crippen LogP contribution in [0.1, 0.15) is 17.5 Å². The van der Waals surface area contributed by atoms with Gasteiger partial charge in [-0.05, 0) is 17.7 Å². The number of benzene rings is 2. The van der Waals surface area contributed by atoms with Crippen LogP contribution in [0.3, 0.4) is 0 Å². The van der Waals surface area contributed by atoms with Crippen LogP contribution >= 0.6 is 0 Å². The van der Waals surface area contributed by atoms with Crippen LogP contribution in [0.4, 0.5) is 5.69 Å². The van der Waals surface area contributed by atoms with Gasteiger partial charge in [0.15, 0.2) is 11.4 Å². The summed E-state index contributed by atoms with van der Waals surface area (Å²) in [6.45, 7) is 3.93. The third-order valence-electron chi connectivity index (χ3n) is 4.46. The van der Waals surface area contributed by atoms with Crippen LogP contribution in [0.2, 0.25) is 0 Å². The minimum absolute atomic E-state index is 0.280. The number of para-hydroxylation sites is 1. The van der Waals surface area contributed by atoms with E-state index < -0.39 is 11.5 Å². The largest absolute Gasteiger partial charge is 0.375 e. The van der Waals surface area contributed by atoms with Crippen LogP contribution in [0.5, 0.6) is 0 Å². The van der Waals surface area contributed by atoms with Crippen LogP contribution in [-0.4, -0.2) is 23.3 Å². The smallest absolute Gasteiger partial charge is 0.264 e. The van der Waals surface area contributed by atoms with Crippen molar-refractivity contribution >= 4 is 23.5 Å². The lowest BCUT2D eigenvalue weighted by Crippen LogP contribution is -2.41. The van der Waals surface area contributed by atoms with Crippen molar-refractivity contribution in [2.45, 2.75) is 12.0 Å². The molecule has 0 aliphatic carbocycles. The summed E-state index contributed by atoms with van der Waals surface area (Å²) in [4.78, 5) is 26.6. The number of carbonyl (C=O) groups excluding carboxylic acids is 2. The van der Waals surface area contributed by atoms with Gasteiger partial charge in [0.2, 0.25) is 0 Å². The Morgan fingerprint density at radius 2 is 1.78 bits per heavy atom. The monoisotopic (exact) mass is 359 g/mol. The molecule has 1 heterocycles. The summed E-state index contributed by atoms with van der Waals surface area (Å²) in [5.74, 6) is -0.816. The zero-order valence-electron chi connectivity index (χ0n) is 14.9. The zero-order valence-corrected chi connectivity index (χ0v) is 14.9. The number of allylic oxidation sites excluding steroid dienone is 3. The second kappa shape index (κ2) is 7.98. The maximum Gasteiger partial charge on any atom is 0.264 e. The van der Waals surface area contributed by atoms with Crippen LogP contribution < -0.4 is 4.90 Å². The van der Waals surface area contributed by atoms with E-state index in [1.807, 2.05) is 36.4 Å². The lowest BCUT2D eigenvalue weighted by molar-refractivity contribution is -0.140. The third-order valence-corrected chi connectivity index (χ3v) is 4.46. The van der Waals surface area contributed by atoms with Gasteiger partial charge in [-0.2, -0.15) is 0 Å². The number of fused-ring (bicyclic) bond motifs is 1. The van der Waals surface area contributed by atoms with Gasteiger partial charge in [0.25, 0.3) is 5.91 Å². The number of carbonyl (C=O) groups is 2. The van der Waals surface area contributed by atoms with Crippen LogP contribution in [0, 0.1) is 0 Å². The molecule has 4 heteroatoms. The van der Waals surface area contributed by atoms with Crippen molar-refractivity contribution in [1.82, 2.24) is 0 Å². The van der Waals surface area contributed by atoms with E-state index in [4.69, 9.17) is 0 Å². The van der Waals surface area contributed by atoms with Crippen LogP contribution in [-0.2, 0) is 15.2 Å². The molecule has 1 N–H and O–H groups in total. The highest BCUT2D eigenvalue weighted by atomic mass is 16.3. The molecule has 0 saturated carbocycles. The maximum absolute atomic E-state index is 12.8. The predicted octanol–water partition coefficient (Wildman–Crippen LogP) is 3.64. The molecule has 0 radical (unpaired) electrons. The number of ketones is 1. The average molecular weight is 359 g/mol. The summed E-state index contributed by atoms with van der Waals surface area (Å²) in [5, 5.41) is 11.0. The van der Waals surface area contributed by atoms with E-state index in [0.29, 0.717) is 11.3 Å². The molecular formula is C23H21NO3. The van der Waals surface area contributed by atoms with E-state index in [1.54, 1.807) is 42.5 Å². The molecule has 0 spiro atoms. The van der Waals surface area contributed by atoms with Crippen molar-refractivity contribution in [2.24, 2.45) is 0 Å². The molecule has 4 nitrogen and oxygen atoms in total. The lowest BCUT2D eigenvalue weighted by Gasteiger charge is -2.21. The normalized spacial score (nSPS) is 19.0. The summed E-state index contributed by atoms with van der Waals surface area (Å²) in [7, 11) is 0. The summed E-state index contributed by atoms with van der Waals surface area (Å²) in [5.41, 5.74) is 0.252. The number of amides is 1. The average Bonchev–Trinajstić information content (AvgIpc) is 2.89. The fraction of sp³-hybridized carbons (Fsp3) is 0.130. The SMILES string of the molecule is C=CCN1C(=O)[C@](O)(CC(=O)/C=C/C=C\c2ccccc2)c2ccccc21. The van der Waals surface area contributed by atoms with Gasteiger partial charge < -0.3 is 10.0 Å². The summed E-state index contributed by atoms with van der Waals surface area (Å²) < 4.78 is 0. The fourth-order valence-electron chi connectivity index (χ4n) is 3.19. The molecule has 136 valence electrons. The van der Waals surface area contributed by atoms with E-state index in [0.717, 1.165) is 5.56 Å².